The number of ether oxygens (including phenoxy) is 2. The normalized spacial score (nSPS) is 13.1. The van der Waals surface area contributed by atoms with Gasteiger partial charge in [-0.25, -0.2) is 9.59 Å². The third-order valence-electron chi connectivity index (χ3n) is 6.53. The van der Waals surface area contributed by atoms with Gasteiger partial charge in [-0.3, -0.25) is 14.2 Å². The molecule has 0 bridgehead atoms. The fourth-order valence-corrected chi connectivity index (χ4v) is 6.76. The number of esters is 1. The molecule has 0 saturated heterocycles. The van der Waals surface area contributed by atoms with Crippen molar-refractivity contribution in [3.63, 3.8) is 0 Å². The molecule has 0 radical (unpaired) electrons. The summed E-state index contributed by atoms with van der Waals surface area (Å²) in [5.41, 5.74) is 2.77. The van der Waals surface area contributed by atoms with Crippen LogP contribution in [0.3, 0.4) is 0 Å². The van der Waals surface area contributed by atoms with Crippen molar-refractivity contribution < 1.29 is 28.3 Å². The molecule has 2 N–H and O–H groups in total. The molecule has 1 aliphatic heterocycles. The monoisotopic (exact) mass is 581 g/mol. The number of aromatic nitrogens is 2. The summed E-state index contributed by atoms with van der Waals surface area (Å²) >= 11 is 2.63. The summed E-state index contributed by atoms with van der Waals surface area (Å²) < 4.78 is 16.7. The zero-order valence-corrected chi connectivity index (χ0v) is 23.7. The highest BCUT2D eigenvalue weighted by molar-refractivity contribution is 7.99. The Labute approximate surface area is 238 Å². The van der Waals surface area contributed by atoms with Gasteiger partial charge in [0.15, 0.2) is 0 Å². The van der Waals surface area contributed by atoms with E-state index in [0.717, 1.165) is 23.5 Å². The van der Waals surface area contributed by atoms with Gasteiger partial charge in [0.25, 0.3) is 0 Å². The first-order chi connectivity index (χ1) is 19.5. The molecule has 0 unspecified atom stereocenters. The molecule has 1 aliphatic rings. The van der Waals surface area contributed by atoms with Crippen LogP contribution in [0.25, 0.3) is 5.69 Å². The van der Waals surface area contributed by atoms with Crippen LogP contribution in [0.2, 0.25) is 0 Å². The molecular formula is C28H29N4O6S2+. The number of H-pyrrole nitrogens is 1. The van der Waals surface area contributed by atoms with E-state index in [1.807, 2.05) is 18.2 Å². The maximum absolute atomic E-state index is 12.9. The second kappa shape index (κ2) is 12.5. The lowest BCUT2D eigenvalue weighted by molar-refractivity contribution is -0.704. The number of carbonyl (C=O) groups excluding carboxylic acids is 2. The van der Waals surface area contributed by atoms with Gasteiger partial charge in [0, 0.05) is 48.8 Å². The van der Waals surface area contributed by atoms with E-state index in [9.17, 15) is 14.4 Å². The quantitative estimate of drug-likeness (QED) is 0.165. The molecule has 2 aromatic heterocycles. The fourth-order valence-electron chi connectivity index (χ4n) is 4.56. The Morgan fingerprint density at radius 1 is 1.15 bits per heavy atom. The van der Waals surface area contributed by atoms with Gasteiger partial charge < -0.3 is 14.8 Å². The zero-order valence-electron chi connectivity index (χ0n) is 22.1. The van der Waals surface area contributed by atoms with Gasteiger partial charge in [0.1, 0.15) is 10.8 Å². The molecule has 0 saturated carbocycles. The van der Waals surface area contributed by atoms with Crippen LogP contribution in [-0.2, 0) is 29.0 Å². The van der Waals surface area contributed by atoms with Crippen LogP contribution in [0.1, 0.15) is 32.8 Å². The third-order valence-corrected chi connectivity index (χ3v) is 8.70. The van der Waals surface area contributed by atoms with Crippen molar-refractivity contribution >= 4 is 40.0 Å². The summed E-state index contributed by atoms with van der Waals surface area (Å²) in [6.45, 7) is 2.31. The largest absolute Gasteiger partial charge is 0.497 e. The molecule has 2 aromatic carbocycles. The predicted octanol–water partition coefficient (Wildman–Crippen LogP) is 3.78. The third kappa shape index (κ3) is 6.14. The van der Waals surface area contributed by atoms with Crippen LogP contribution in [0.5, 0.6) is 5.75 Å². The topological polar surface area (TPSA) is 118 Å². The number of nitrogens with one attached hydrogen (secondary N) is 2. The van der Waals surface area contributed by atoms with Crippen LogP contribution < -0.4 is 20.4 Å². The van der Waals surface area contributed by atoms with Gasteiger partial charge >= 0.3 is 16.6 Å². The summed E-state index contributed by atoms with van der Waals surface area (Å²) in [7, 11) is 2.92. The number of benzene rings is 2. The second-order valence-corrected chi connectivity index (χ2v) is 11.3. The first-order valence-electron chi connectivity index (χ1n) is 12.7. The maximum atomic E-state index is 12.9. The number of nitrogens with zero attached hydrogens (tertiary/aromatic N) is 2. The molecule has 1 amide bonds. The standard InChI is InChI=1S/C28H28N4O6S2/c1-36-20-10-8-19(9-11-20)32-26(28(35)38-30-32)39-15-13-23(33)29-25-24(27(34)37-2)21-12-14-31(17-22(21)40-25)16-18-6-4-3-5-7-18/h3-11H,12-17H2,1-2H3,(H-,29,30,33,34,35)/p+1. The highest BCUT2D eigenvalue weighted by atomic mass is 32.2. The lowest BCUT2D eigenvalue weighted by Gasteiger charge is -2.27. The van der Waals surface area contributed by atoms with E-state index in [4.69, 9.17) is 14.0 Å². The van der Waals surface area contributed by atoms with Crippen molar-refractivity contribution in [2.75, 3.05) is 31.8 Å². The Morgan fingerprint density at radius 3 is 2.65 bits per heavy atom. The van der Waals surface area contributed by atoms with Gasteiger partial charge in [0.05, 0.1) is 19.8 Å². The molecule has 3 heterocycles. The van der Waals surface area contributed by atoms with Crippen molar-refractivity contribution in [1.29, 1.82) is 0 Å². The number of hydrogen-bond donors (Lipinski definition) is 2. The van der Waals surface area contributed by atoms with Gasteiger partial charge in [-0.05, 0) is 51.4 Å². The Bertz CT molecular complexity index is 1550. The average Bonchev–Trinajstić information content (AvgIpc) is 3.52. The fraction of sp³-hybridized carbons (Fsp3) is 0.286. The number of rotatable bonds is 10. The number of methoxy groups -OCH3 is 2. The molecule has 40 heavy (non-hydrogen) atoms. The number of anilines is 1. The van der Waals surface area contributed by atoms with Gasteiger partial charge in [-0.1, -0.05) is 30.3 Å². The zero-order chi connectivity index (χ0) is 28.1. The van der Waals surface area contributed by atoms with Crippen molar-refractivity contribution in [2.24, 2.45) is 0 Å². The maximum Gasteiger partial charge on any atom is 0.442 e. The Balaban J connectivity index is 1.24. The van der Waals surface area contributed by atoms with E-state index in [2.05, 4.69) is 27.6 Å². The Kier molecular flexibility index (Phi) is 8.68. The SMILES string of the molecule is COC(=O)c1c(NC(=O)CCSc2c(=O)o[nH][n+]2-c2ccc(OC)cc2)sc2c1CCN(Cc1ccccc1)C2. The Hall–Kier alpha value is -3.87. The van der Waals surface area contributed by atoms with Gasteiger partial charge in [-0.15, -0.1) is 11.3 Å². The van der Waals surface area contributed by atoms with E-state index in [1.54, 1.807) is 31.4 Å². The first-order valence-corrected chi connectivity index (χ1v) is 14.5. The molecule has 0 fully saturated rings. The summed E-state index contributed by atoms with van der Waals surface area (Å²) in [6.07, 6.45) is 0.824. The number of thiophene rings is 1. The summed E-state index contributed by atoms with van der Waals surface area (Å²) in [5, 5.41) is 6.33. The molecule has 12 heteroatoms. The van der Waals surface area contributed by atoms with E-state index in [-0.39, 0.29) is 12.3 Å². The number of aromatic amines is 1. The molecule has 0 aliphatic carbocycles. The number of thioether (sulfide) groups is 1. The summed E-state index contributed by atoms with van der Waals surface area (Å²) in [5.74, 6) is 0.303. The number of fused-ring (bicyclic) bond motifs is 1. The minimum atomic E-state index is -0.528. The molecule has 0 atom stereocenters. The smallest absolute Gasteiger partial charge is 0.442 e. The lowest BCUT2D eigenvalue weighted by Crippen LogP contribution is -2.36. The molecular weight excluding hydrogens is 552 g/mol. The van der Waals surface area contributed by atoms with E-state index in [1.165, 1.54) is 40.5 Å². The van der Waals surface area contributed by atoms with Crippen molar-refractivity contribution in [2.45, 2.75) is 31.0 Å². The van der Waals surface area contributed by atoms with Crippen LogP contribution in [0.4, 0.5) is 5.00 Å². The Morgan fingerprint density at radius 2 is 1.93 bits per heavy atom. The molecule has 0 spiro atoms. The van der Waals surface area contributed by atoms with Crippen molar-refractivity contribution in [3.8, 4) is 11.4 Å². The second-order valence-electron chi connectivity index (χ2n) is 9.11. The molecule has 10 nitrogen and oxygen atoms in total. The number of hydrogen-bond acceptors (Lipinski definition) is 9. The minimum Gasteiger partial charge on any atom is -0.497 e. The molecule has 4 aromatic rings. The van der Waals surface area contributed by atoms with E-state index < -0.39 is 11.6 Å². The molecule has 208 valence electrons. The predicted molar refractivity (Wildman–Crippen MR) is 151 cm³/mol. The van der Waals surface area contributed by atoms with Crippen LogP contribution in [-0.4, -0.2) is 48.6 Å². The number of carbonyl (C=O) groups is 2. The minimum absolute atomic E-state index is 0.126. The van der Waals surface area contributed by atoms with Crippen LogP contribution in [0, 0.1) is 0 Å². The van der Waals surface area contributed by atoms with Gasteiger partial charge in [-0.2, -0.15) is 0 Å². The average molecular weight is 582 g/mol. The lowest BCUT2D eigenvalue weighted by atomic mass is 10.0. The summed E-state index contributed by atoms with van der Waals surface area (Å²) in [4.78, 5) is 41.3. The number of amides is 1. The van der Waals surface area contributed by atoms with E-state index >= 15 is 0 Å². The molecule has 5 rings (SSSR count). The van der Waals surface area contributed by atoms with Crippen LogP contribution in [0.15, 0.2) is 68.9 Å². The highest BCUT2D eigenvalue weighted by Crippen LogP contribution is 2.38. The first kappa shape index (κ1) is 27.7. The van der Waals surface area contributed by atoms with Gasteiger partial charge in [0.2, 0.25) is 11.6 Å². The van der Waals surface area contributed by atoms with Crippen molar-refractivity contribution in [1.82, 2.24) is 10.2 Å². The van der Waals surface area contributed by atoms with Crippen LogP contribution >= 0.6 is 23.1 Å². The van der Waals surface area contributed by atoms with E-state index in [0.29, 0.717) is 45.7 Å². The highest BCUT2D eigenvalue weighted by Gasteiger charge is 2.30. The van der Waals surface area contributed by atoms with Crippen molar-refractivity contribution in [3.05, 3.63) is 86.6 Å². The summed E-state index contributed by atoms with van der Waals surface area (Å²) in [6, 6.07) is 17.4.